The number of methoxy groups -OCH3 is 1. The van der Waals surface area contributed by atoms with E-state index in [-0.39, 0.29) is 18.5 Å². The minimum Gasteiger partial charge on any atom is -0.495 e. The van der Waals surface area contributed by atoms with Gasteiger partial charge in [0, 0.05) is 19.6 Å². The highest BCUT2D eigenvalue weighted by atomic mass is 16.5. The number of rotatable bonds is 6. The third kappa shape index (κ3) is 3.45. The predicted octanol–water partition coefficient (Wildman–Crippen LogP) is 1.46. The zero-order valence-electron chi connectivity index (χ0n) is 12.5. The summed E-state index contributed by atoms with van der Waals surface area (Å²) in [5.41, 5.74) is 0.737. The highest BCUT2D eigenvalue weighted by molar-refractivity contribution is 5.97. The summed E-state index contributed by atoms with van der Waals surface area (Å²) < 4.78 is 5.28. The van der Waals surface area contributed by atoms with Gasteiger partial charge >= 0.3 is 6.03 Å². The molecule has 0 aliphatic carbocycles. The molecule has 1 saturated heterocycles. The van der Waals surface area contributed by atoms with Gasteiger partial charge in [0.2, 0.25) is 5.91 Å². The van der Waals surface area contributed by atoms with Crippen LogP contribution < -0.4 is 15.0 Å². The van der Waals surface area contributed by atoms with Crippen LogP contribution in [0.4, 0.5) is 10.5 Å². The van der Waals surface area contributed by atoms with Crippen molar-refractivity contribution in [1.82, 2.24) is 10.2 Å². The summed E-state index contributed by atoms with van der Waals surface area (Å²) >= 11 is 0. The molecule has 0 atom stereocenters. The van der Waals surface area contributed by atoms with E-state index < -0.39 is 0 Å². The van der Waals surface area contributed by atoms with Gasteiger partial charge in [0.1, 0.15) is 12.3 Å². The van der Waals surface area contributed by atoms with Crippen LogP contribution in [0.25, 0.3) is 0 Å². The molecule has 1 N–H and O–H groups in total. The van der Waals surface area contributed by atoms with Crippen molar-refractivity contribution < 1.29 is 14.3 Å². The van der Waals surface area contributed by atoms with Crippen LogP contribution >= 0.6 is 0 Å². The summed E-state index contributed by atoms with van der Waals surface area (Å²) in [6.45, 7) is 3.82. The number of benzene rings is 1. The van der Waals surface area contributed by atoms with Gasteiger partial charge in [0.05, 0.1) is 12.8 Å². The molecule has 21 heavy (non-hydrogen) atoms. The van der Waals surface area contributed by atoms with Gasteiger partial charge in [-0.15, -0.1) is 0 Å². The molecule has 1 aromatic rings. The van der Waals surface area contributed by atoms with Gasteiger partial charge in [0.25, 0.3) is 0 Å². The fourth-order valence-corrected chi connectivity index (χ4v) is 2.30. The zero-order chi connectivity index (χ0) is 15.2. The van der Waals surface area contributed by atoms with Crippen molar-refractivity contribution in [2.75, 3.05) is 38.2 Å². The van der Waals surface area contributed by atoms with Gasteiger partial charge in [-0.3, -0.25) is 9.69 Å². The second kappa shape index (κ2) is 6.97. The molecule has 6 heteroatoms. The van der Waals surface area contributed by atoms with Gasteiger partial charge in [-0.25, -0.2) is 4.79 Å². The van der Waals surface area contributed by atoms with E-state index in [4.69, 9.17) is 4.74 Å². The molecule has 2 rings (SSSR count). The Morgan fingerprint density at radius 2 is 2.10 bits per heavy atom. The highest BCUT2D eigenvalue weighted by Gasteiger charge is 2.32. The summed E-state index contributed by atoms with van der Waals surface area (Å²) in [5, 5.41) is 2.78. The predicted molar refractivity (Wildman–Crippen MR) is 80.6 cm³/mol. The van der Waals surface area contributed by atoms with Crippen LogP contribution in [-0.4, -0.2) is 50.1 Å². The Bertz CT molecular complexity index is 519. The van der Waals surface area contributed by atoms with Crippen LogP contribution in [0.2, 0.25) is 0 Å². The van der Waals surface area contributed by atoms with E-state index in [1.165, 1.54) is 0 Å². The minimum atomic E-state index is -0.161. The Hall–Kier alpha value is -2.24. The van der Waals surface area contributed by atoms with E-state index in [1.807, 2.05) is 31.2 Å². The molecule has 0 saturated carbocycles. The topological polar surface area (TPSA) is 61.9 Å². The van der Waals surface area contributed by atoms with E-state index in [2.05, 4.69) is 5.32 Å². The lowest BCUT2D eigenvalue weighted by Crippen LogP contribution is -2.40. The van der Waals surface area contributed by atoms with E-state index in [0.717, 1.165) is 12.1 Å². The maximum Gasteiger partial charge on any atom is 0.325 e. The lowest BCUT2D eigenvalue weighted by atomic mass is 10.2. The van der Waals surface area contributed by atoms with Crippen molar-refractivity contribution in [3.8, 4) is 5.75 Å². The SMILES string of the molecule is CCCNC(=O)CN1CCN(c2ccccc2OC)C1=O. The molecule has 1 fully saturated rings. The Morgan fingerprint density at radius 1 is 1.33 bits per heavy atom. The van der Waals surface area contributed by atoms with E-state index in [9.17, 15) is 9.59 Å². The molecule has 1 aliphatic heterocycles. The number of hydrogen-bond donors (Lipinski definition) is 1. The van der Waals surface area contributed by atoms with Crippen molar-refractivity contribution >= 4 is 17.6 Å². The molecule has 0 unspecified atom stereocenters. The van der Waals surface area contributed by atoms with Gasteiger partial charge in [0.15, 0.2) is 0 Å². The number of hydrogen-bond acceptors (Lipinski definition) is 3. The first-order valence-corrected chi connectivity index (χ1v) is 7.13. The summed E-state index contributed by atoms with van der Waals surface area (Å²) in [4.78, 5) is 27.3. The van der Waals surface area contributed by atoms with Crippen molar-refractivity contribution in [3.05, 3.63) is 24.3 Å². The van der Waals surface area contributed by atoms with Crippen LogP contribution in [0.5, 0.6) is 5.75 Å². The first-order chi connectivity index (χ1) is 10.2. The maximum absolute atomic E-state index is 12.4. The van der Waals surface area contributed by atoms with Crippen molar-refractivity contribution in [2.45, 2.75) is 13.3 Å². The summed E-state index contributed by atoms with van der Waals surface area (Å²) in [5.74, 6) is 0.537. The summed E-state index contributed by atoms with van der Waals surface area (Å²) in [7, 11) is 1.58. The fourth-order valence-electron chi connectivity index (χ4n) is 2.30. The molecule has 6 nitrogen and oxygen atoms in total. The Kier molecular flexibility index (Phi) is 5.03. The standard InChI is InChI=1S/C15H21N3O3/c1-3-8-16-14(19)11-17-9-10-18(15(17)20)12-6-4-5-7-13(12)21-2/h4-7H,3,8-11H2,1-2H3,(H,16,19). The summed E-state index contributed by atoms with van der Waals surface area (Å²) in [6, 6.07) is 7.23. The number of carbonyl (C=O) groups excluding carboxylic acids is 2. The lowest BCUT2D eigenvalue weighted by Gasteiger charge is -2.20. The molecule has 1 aromatic carbocycles. The molecule has 114 valence electrons. The largest absolute Gasteiger partial charge is 0.495 e. The van der Waals surface area contributed by atoms with Gasteiger partial charge < -0.3 is 15.0 Å². The normalized spacial score (nSPS) is 14.5. The number of nitrogens with one attached hydrogen (secondary N) is 1. The third-order valence-electron chi connectivity index (χ3n) is 3.38. The van der Waals surface area contributed by atoms with Crippen molar-refractivity contribution in [2.24, 2.45) is 0 Å². The molecule has 1 aliphatic rings. The average Bonchev–Trinajstić information content (AvgIpc) is 2.86. The van der Waals surface area contributed by atoms with E-state index in [0.29, 0.717) is 25.4 Å². The molecule has 1 heterocycles. The molecule has 0 bridgehead atoms. The molecular weight excluding hydrogens is 270 g/mol. The first kappa shape index (κ1) is 15.2. The number of urea groups is 1. The molecule has 0 aromatic heterocycles. The summed E-state index contributed by atoms with van der Waals surface area (Å²) in [6.07, 6.45) is 0.882. The number of nitrogens with zero attached hydrogens (tertiary/aromatic N) is 2. The van der Waals surface area contributed by atoms with Gasteiger partial charge in [-0.2, -0.15) is 0 Å². The maximum atomic E-state index is 12.4. The van der Waals surface area contributed by atoms with Gasteiger partial charge in [-0.1, -0.05) is 19.1 Å². The van der Waals surface area contributed by atoms with Gasteiger partial charge in [-0.05, 0) is 18.6 Å². The van der Waals surface area contributed by atoms with Crippen LogP contribution in [0.15, 0.2) is 24.3 Å². The van der Waals surface area contributed by atoms with Crippen LogP contribution in [0, 0.1) is 0 Å². The first-order valence-electron chi connectivity index (χ1n) is 7.13. The Morgan fingerprint density at radius 3 is 2.81 bits per heavy atom. The fraction of sp³-hybridized carbons (Fsp3) is 0.467. The van der Waals surface area contributed by atoms with Crippen molar-refractivity contribution in [3.63, 3.8) is 0 Å². The highest BCUT2D eigenvalue weighted by Crippen LogP contribution is 2.30. The van der Waals surface area contributed by atoms with Crippen LogP contribution in [0.3, 0.4) is 0 Å². The second-order valence-electron chi connectivity index (χ2n) is 4.88. The van der Waals surface area contributed by atoms with E-state index >= 15 is 0 Å². The number of anilines is 1. The second-order valence-corrected chi connectivity index (χ2v) is 4.88. The number of para-hydroxylation sites is 2. The van der Waals surface area contributed by atoms with Crippen LogP contribution in [0.1, 0.15) is 13.3 Å². The number of ether oxygens (including phenoxy) is 1. The Balaban J connectivity index is 2.03. The number of amides is 3. The average molecular weight is 291 g/mol. The third-order valence-corrected chi connectivity index (χ3v) is 3.38. The quantitative estimate of drug-likeness (QED) is 0.863. The minimum absolute atomic E-state index is 0.102. The van der Waals surface area contributed by atoms with Crippen LogP contribution in [-0.2, 0) is 4.79 Å². The molecular formula is C15H21N3O3. The zero-order valence-corrected chi connectivity index (χ0v) is 12.5. The Labute approximate surface area is 124 Å². The lowest BCUT2D eigenvalue weighted by molar-refractivity contribution is -0.121. The van der Waals surface area contributed by atoms with Crippen molar-refractivity contribution in [1.29, 1.82) is 0 Å². The smallest absolute Gasteiger partial charge is 0.325 e. The molecule has 3 amide bonds. The van der Waals surface area contributed by atoms with E-state index in [1.54, 1.807) is 16.9 Å². The molecule has 0 spiro atoms. The monoisotopic (exact) mass is 291 g/mol. The molecule has 0 radical (unpaired) electrons. The number of carbonyl (C=O) groups is 2.